The predicted molar refractivity (Wildman–Crippen MR) is 93.5 cm³/mol. The van der Waals surface area contributed by atoms with Crippen LogP contribution in [0.5, 0.6) is 17.4 Å². The third-order valence-corrected chi connectivity index (χ3v) is 3.66. The molecule has 0 atom stereocenters. The fourth-order valence-electron chi connectivity index (χ4n) is 2.51. The molecular formula is C19H17NO6. The molecule has 7 nitrogen and oxygen atoms in total. The Labute approximate surface area is 148 Å². The van der Waals surface area contributed by atoms with Gasteiger partial charge in [-0.25, -0.2) is 9.78 Å². The normalized spacial score (nSPS) is 10.7. The first-order valence-electron chi connectivity index (χ1n) is 8.05. The van der Waals surface area contributed by atoms with E-state index in [1.807, 2.05) is 6.07 Å². The number of nitrogens with zero attached hydrogens (tertiary/aromatic N) is 1. The van der Waals surface area contributed by atoms with Gasteiger partial charge in [0.2, 0.25) is 5.88 Å². The molecule has 0 unspecified atom stereocenters. The van der Waals surface area contributed by atoms with E-state index in [0.29, 0.717) is 24.3 Å². The molecule has 0 saturated carbocycles. The summed E-state index contributed by atoms with van der Waals surface area (Å²) in [6.07, 6.45) is 2.39. The Morgan fingerprint density at radius 2 is 2.12 bits per heavy atom. The second kappa shape index (κ2) is 7.69. The van der Waals surface area contributed by atoms with Crippen molar-refractivity contribution in [2.24, 2.45) is 0 Å². The Hall–Kier alpha value is -3.35. The summed E-state index contributed by atoms with van der Waals surface area (Å²) in [5.41, 5.74) is -0.230. The number of hydrogen-bond donors (Lipinski definition) is 1. The zero-order valence-corrected chi connectivity index (χ0v) is 14.1. The van der Waals surface area contributed by atoms with Crippen LogP contribution in [0.1, 0.15) is 18.9 Å². The van der Waals surface area contributed by atoms with Crippen molar-refractivity contribution >= 4 is 16.9 Å². The maximum Gasteiger partial charge on any atom is 0.343 e. The van der Waals surface area contributed by atoms with Crippen LogP contribution in [0.15, 0.2) is 51.8 Å². The summed E-state index contributed by atoms with van der Waals surface area (Å²) in [6.45, 7) is 1.61. The van der Waals surface area contributed by atoms with Gasteiger partial charge in [0, 0.05) is 19.2 Å². The highest BCUT2D eigenvalue weighted by Gasteiger charge is 2.15. The predicted octanol–water partition coefficient (Wildman–Crippen LogP) is 2.83. The minimum atomic E-state index is -0.604. The summed E-state index contributed by atoms with van der Waals surface area (Å²) in [5, 5.41) is 10.8. The number of carbonyl (C=O) groups excluding carboxylic acids is 1. The highest BCUT2D eigenvalue weighted by molar-refractivity contribution is 5.86. The summed E-state index contributed by atoms with van der Waals surface area (Å²) < 4.78 is 15.7. The maximum atomic E-state index is 12.1. The molecule has 0 radical (unpaired) electrons. The standard InChI is InChI=1S/C19H17NO6/c1-12(21)25-13-7-8-16-15(11-13)18(22)14(19(23)26-16)5-4-10-24-17-6-2-3-9-20-17/h2-3,6-9,11,22H,4-5,10H2,1H3. The monoisotopic (exact) mass is 355 g/mol. The number of carbonyl (C=O) groups is 1. The number of hydrogen-bond acceptors (Lipinski definition) is 7. The molecule has 0 amide bonds. The highest BCUT2D eigenvalue weighted by atomic mass is 16.5. The summed E-state index contributed by atoms with van der Waals surface area (Å²) in [6, 6.07) is 9.76. The largest absolute Gasteiger partial charge is 0.507 e. The van der Waals surface area contributed by atoms with Crippen LogP contribution in [0.25, 0.3) is 11.0 Å². The van der Waals surface area contributed by atoms with Crippen molar-refractivity contribution in [3.8, 4) is 17.4 Å². The quantitative estimate of drug-likeness (QED) is 0.314. The van der Waals surface area contributed by atoms with Gasteiger partial charge in [-0.05, 0) is 37.1 Å². The Kier molecular flexibility index (Phi) is 5.17. The van der Waals surface area contributed by atoms with Crippen LogP contribution in [0, 0.1) is 0 Å². The van der Waals surface area contributed by atoms with Crippen molar-refractivity contribution in [1.82, 2.24) is 4.98 Å². The first-order chi connectivity index (χ1) is 12.5. The lowest BCUT2D eigenvalue weighted by molar-refractivity contribution is -0.131. The molecular weight excluding hydrogens is 338 g/mol. The second-order valence-electron chi connectivity index (χ2n) is 5.59. The molecule has 7 heteroatoms. The number of fused-ring (bicyclic) bond motifs is 1. The molecule has 3 rings (SSSR count). The van der Waals surface area contributed by atoms with E-state index >= 15 is 0 Å². The van der Waals surface area contributed by atoms with Crippen molar-refractivity contribution in [3.63, 3.8) is 0 Å². The summed E-state index contributed by atoms with van der Waals surface area (Å²) in [4.78, 5) is 27.2. The molecule has 1 N–H and O–H groups in total. The first-order valence-corrected chi connectivity index (χ1v) is 8.05. The number of pyridine rings is 1. The van der Waals surface area contributed by atoms with Crippen molar-refractivity contribution in [2.75, 3.05) is 6.61 Å². The van der Waals surface area contributed by atoms with Gasteiger partial charge in [0.25, 0.3) is 0 Å². The topological polar surface area (TPSA) is 98.9 Å². The molecule has 0 fully saturated rings. The van der Waals surface area contributed by atoms with Crippen LogP contribution in [-0.2, 0) is 11.2 Å². The Morgan fingerprint density at radius 1 is 1.27 bits per heavy atom. The van der Waals surface area contributed by atoms with Crippen LogP contribution >= 0.6 is 0 Å². The van der Waals surface area contributed by atoms with E-state index in [4.69, 9.17) is 13.9 Å². The van der Waals surface area contributed by atoms with Crippen molar-refractivity contribution < 1.29 is 23.8 Å². The van der Waals surface area contributed by atoms with Gasteiger partial charge >= 0.3 is 11.6 Å². The van der Waals surface area contributed by atoms with Crippen molar-refractivity contribution in [3.05, 3.63) is 58.6 Å². The number of benzene rings is 1. The summed E-state index contributed by atoms with van der Waals surface area (Å²) in [7, 11) is 0. The number of esters is 1. The van der Waals surface area contributed by atoms with Crippen molar-refractivity contribution in [1.29, 1.82) is 0 Å². The number of aromatic nitrogens is 1. The molecule has 0 aliphatic rings. The highest BCUT2D eigenvalue weighted by Crippen LogP contribution is 2.30. The minimum Gasteiger partial charge on any atom is -0.507 e. The van der Waals surface area contributed by atoms with Gasteiger partial charge in [0.15, 0.2) is 0 Å². The first kappa shape index (κ1) is 17.5. The van der Waals surface area contributed by atoms with Crippen LogP contribution in [0.2, 0.25) is 0 Å². The van der Waals surface area contributed by atoms with Gasteiger partial charge in [-0.3, -0.25) is 4.79 Å². The molecule has 134 valence electrons. The lowest BCUT2D eigenvalue weighted by Gasteiger charge is -2.08. The third kappa shape index (κ3) is 4.00. The average Bonchev–Trinajstić information content (AvgIpc) is 2.62. The van der Waals surface area contributed by atoms with Gasteiger partial charge in [-0.1, -0.05) is 6.07 Å². The summed E-state index contributed by atoms with van der Waals surface area (Å²) in [5.74, 6) is 0.100. The van der Waals surface area contributed by atoms with Crippen LogP contribution < -0.4 is 15.1 Å². The summed E-state index contributed by atoms with van der Waals surface area (Å²) >= 11 is 0. The van der Waals surface area contributed by atoms with Gasteiger partial charge in [-0.2, -0.15) is 0 Å². The number of ether oxygens (including phenoxy) is 2. The lowest BCUT2D eigenvalue weighted by atomic mass is 10.1. The SMILES string of the molecule is CC(=O)Oc1ccc2oc(=O)c(CCCOc3ccccn3)c(O)c2c1. The van der Waals surface area contributed by atoms with Crippen LogP contribution in [-0.4, -0.2) is 22.7 Å². The number of aromatic hydroxyl groups is 1. The van der Waals surface area contributed by atoms with E-state index < -0.39 is 11.6 Å². The van der Waals surface area contributed by atoms with Crippen molar-refractivity contribution in [2.45, 2.75) is 19.8 Å². The van der Waals surface area contributed by atoms with Gasteiger partial charge in [0.05, 0.1) is 17.6 Å². The van der Waals surface area contributed by atoms with E-state index in [1.165, 1.54) is 25.1 Å². The van der Waals surface area contributed by atoms with E-state index in [9.17, 15) is 14.7 Å². The molecule has 0 aliphatic carbocycles. The van der Waals surface area contributed by atoms with Crippen LogP contribution in [0.4, 0.5) is 0 Å². The number of rotatable bonds is 6. The Bertz CT molecular complexity index is 980. The second-order valence-corrected chi connectivity index (χ2v) is 5.59. The smallest absolute Gasteiger partial charge is 0.343 e. The zero-order chi connectivity index (χ0) is 18.5. The molecule has 0 saturated heterocycles. The maximum absolute atomic E-state index is 12.1. The Balaban J connectivity index is 1.76. The fraction of sp³-hybridized carbons (Fsp3) is 0.211. The lowest BCUT2D eigenvalue weighted by Crippen LogP contribution is -2.10. The molecule has 2 heterocycles. The minimum absolute atomic E-state index is 0.155. The average molecular weight is 355 g/mol. The molecule has 1 aromatic carbocycles. The zero-order valence-electron chi connectivity index (χ0n) is 14.1. The molecule has 2 aromatic heterocycles. The molecule has 0 bridgehead atoms. The van der Waals surface area contributed by atoms with Crippen LogP contribution in [0.3, 0.4) is 0 Å². The van der Waals surface area contributed by atoms with Gasteiger partial charge < -0.3 is 19.0 Å². The van der Waals surface area contributed by atoms with E-state index in [1.54, 1.807) is 18.3 Å². The molecule has 0 aliphatic heterocycles. The third-order valence-electron chi connectivity index (χ3n) is 3.66. The fourth-order valence-corrected chi connectivity index (χ4v) is 2.51. The molecule has 0 spiro atoms. The molecule has 26 heavy (non-hydrogen) atoms. The Morgan fingerprint density at radius 3 is 2.85 bits per heavy atom. The van der Waals surface area contributed by atoms with Gasteiger partial charge in [-0.15, -0.1) is 0 Å². The molecule has 3 aromatic rings. The van der Waals surface area contributed by atoms with Gasteiger partial charge in [0.1, 0.15) is 17.1 Å². The van der Waals surface area contributed by atoms with E-state index in [-0.39, 0.29) is 29.1 Å². The van der Waals surface area contributed by atoms with E-state index in [0.717, 1.165) is 0 Å². The van der Waals surface area contributed by atoms with E-state index in [2.05, 4.69) is 4.98 Å².